The number of nitrogens with zero attached hydrogens (tertiary/aromatic N) is 2. The molecule has 104 valence electrons. The van der Waals surface area contributed by atoms with Gasteiger partial charge in [0.1, 0.15) is 0 Å². The molecule has 1 fully saturated rings. The van der Waals surface area contributed by atoms with Crippen molar-refractivity contribution >= 4 is 0 Å². The van der Waals surface area contributed by atoms with E-state index in [1.54, 1.807) is 0 Å². The van der Waals surface area contributed by atoms with Crippen LogP contribution in [0.3, 0.4) is 0 Å². The molecular formula is C16H19N3O. The van der Waals surface area contributed by atoms with Gasteiger partial charge in [-0.15, -0.1) is 0 Å². The van der Waals surface area contributed by atoms with Gasteiger partial charge in [-0.1, -0.05) is 29.4 Å². The average molecular weight is 269 g/mol. The highest BCUT2D eigenvalue weighted by atomic mass is 16.5. The Labute approximate surface area is 118 Å². The maximum absolute atomic E-state index is 5.49. The van der Waals surface area contributed by atoms with E-state index in [9.17, 15) is 0 Å². The van der Waals surface area contributed by atoms with Crippen molar-refractivity contribution in [2.24, 2.45) is 0 Å². The van der Waals surface area contributed by atoms with Crippen LogP contribution in [0, 0.1) is 0 Å². The van der Waals surface area contributed by atoms with Crippen molar-refractivity contribution in [3.63, 3.8) is 0 Å². The first-order valence-corrected chi connectivity index (χ1v) is 7.51. The van der Waals surface area contributed by atoms with Crippen molar-refractivity contribution in [3.05, 3.63) is 47.1 Å². The lowest BCUT2D eigenvalue weighted by Gasteiger charge is -2.21. The molecule has 2 aromatic rings. The van der Waals surface area contributed by atoms with E-state index >= 15 is 0 Å². The normalized spacial score (nSPS) is 25.6. The molecule has 1 N–H and O–H groups in total. The van der Waals surface area contributed by atoms with E-state index in [0.717, 1.165) is 50.5 Å². The Hall–Kier alpha value is -1.68. The van der Waals surface area contributed by atoms with Gasteiger partial charge >= 0.3 is 0 Å². The topological polar surface area (TPSA) is 51.0 Å². The lowest BCUT2D eigenvalue weighted by atomic mass is 9.83. The number of benzene rings is 1. The van der Waals surface area contributed by atoms with Crippen LogP contribution in [-0.4, -0.2) is 23.2 Å². The number of aromatic nitrogens is 2. The lowest BCUT2D eigenvalue weighted by molar-refractivity contribution is 0.350. The van der Waals surface area contributed by atoms with Gasteiger partial charge < -0.3 is 9.84 Å². The summed E-state index contributed by atoms with van der Waals surface area (Å²) in [6.07, 6.45) is 4.39. The Kier molecular flexibility index (Phi) is 3.03. The molecule has 4 rings (SSSR count). The van der Waals surface area contributed by atoms with Gasteiger partial charge in [-0.3, -0.25) is 0 Å². The predicted molar refractivity (Wildman–Crippen MR) is 75.7 cm³/mol. The fourth-order valence-electron chi connectivity index (χ4n) is 3.36. The van der Waals surface area contributed by atoms with E-state index in [-0.39, 0.29) is 0 Å². The largest absolute Gasteiger partial charge is 0.339 e. The van der Waals surface area contributed by atoms with E-state index in [2.05, 4.69) is 39.7 Å². The molecule has 1 aromatic heterocycles. The Morgan fingerprint density at radius 1 is 1.10 bits per heavy atom. The summed E-state index contributed by atoms with van der Waals surface area (Å²) in [6, 6.07) is 8.70. The van der Waals surface area contributed by atoms with Gasteiger partial charge in [0.15, 0.2) is 5.82 Å². The SMILES string of the molecule is c1ccc2c(c1)CCC(c1noc(C3CCNC3)n1)C2. The number of hydrogen-bond donors (Lipinski definition) is 1. The molecule has 20 heavy (non-hydrogen) atoms. The molecule has 1 aliphatic heterocycles. The zero-order valence-electron chi connectivity index (χ0n) is 11.5. The molecular weight excluding hydrogens is 250 g/mol. The molecule has 0 spiro atoms. The van der Waals surface area contributed by atoms with E-state index in [1.807, 2.05) is 0 Å². The van der Waals surface area contributed by atoms with Crippen LogP contribution in [0.4, 0.5) is 0 Å². The quantitative estimate of drug-likeness (QED) is 0.909. The molecule has 2 unspecified atom stereocenters. The zero-order valence-corrected chi connectivity index (χ0v) is 11.5. The second kappa shape index (κ2) is 5.02. The molecule has 2 aliphatic rings. The van der Waals surface area contributed by atoms with Gasteiger partial charge in [0.05, 0.1) is 5.92 Å². The average Bonchev–Trinajstić information content (AvgIpc) is 3.17. The van der Waals surface area contributed by atoms with Crippen LogP contribution >= 0.6 is 0 Å². The fourth-order valence-corrected chi connectivity index (χ4v) is 3.36. The van der Waals surface area contributed by atoms with Crippen LogP contribution in [0.15, 0.2) is 28.8 Å². The highest BCUT2D eigenvalue weighted by molar-refractivity contribution is 5.31. The van der Waals surface area contributed by atoms with Crippen molar-refractivity contribution in [2.45, 2.75) is 37.5 Å². The van der Waals surface area contributed by atoms with E-state index in [1.165, 1.54) is 11.1 Å². The fraction of sp³-hybridized carbons (Fsp3) is 0.500. The lowest BCUT2D eigenvalue weighted by Crippen LogP contribution is -2.14. The Balaban J connectivity index is 1.54. The number of nitrogens with one attached hydrogen (secondary N) is 1. The third-order valence-electron chi connectivity index (χ3n) is 4.58. The van der Waals surface area contributed by atoms with Crippen molar-refractivity contribution in [2.75, 3.05) is 13.1 Å². The molecule has 2 atom stereocenters. The summed E-state index contributed by atoms with van der Waals surface area (Å²) in [7, 11) is 0. The first-order valence-electron chi connectivity index (χ1n) is 7.51. The molecule has 0 radical (unpaired) electrons. The minimum absolute atomic E-state index is 0.409. The summed E-state index contributed by atoms with van der Waals surface area (Å²) in [4.78, 5) is 4.67. The summed E-state index contributed by atoms with van der Waals surface area (Å²) in [5, 5.41) is 7.59. The molecule has 0 bridgehead atoms. The van der Waals surface area contributed by atoms with Crippen LogP contribution in [0.25, 0.3) is 0 Å². The smallest absolute Gasteiger partial charge is 0.231 e. The number of fused-ring (bicyclic) bond motifs is 1. The minimum atomic E-state index is 0.409. The van der Waals surface area contributed by atoms with Crippen molar-refractivity contribution in [1.82, 2.24) is 15.5 Å². The van der Waals surface area contributed by atoms with Crippen LogP contribution in [0.2, 0.25) is 0 Å². The van der Waals surface area contributed by atoms with Gasteiger partial charge in [0.25, 0.3) is 0 Å². The van der Waals surface area contributed by atoms with Gasteiger partial charge in [0.2, 0.25) is 5.89 Å². The standard InChI is InChI=1S/C16H19N3O/c1-2-4-12-9-13(6-5-11(12)3-1)15-18-16(20-19-15)14-7-8-17-10-14/h1-4,13-14,17H,5-10H2. The second-order valence-electron chi connectivity index (χ2n) is 5.89. The van der Waals surface area contributed by atoms with Crippen molar-refractivity contribution in [3.8, 4) is 0 Å². The molecule has 0 amide bonds. The summed E-state index contributed by atoms with van der Waals surface area (Å²) in [5.74, 6) is 2.55. The Morgan fingerprint density at radius 2 is 2.00 bits per heavy atom. The number of rotatable bonds is 2. The molecule has 0 saturated carbocycles. The summed E-state index contributed by atoms with van der Waals surface area (Å²) in [5.41, 5.74) is 2.92. The van der Waals surface area contributed by atoms with E-state index in [0.29, 0.717) is 11.8 Å². The van der Waals surface area contributed by atoms with E-state index < -0.39 is 0 Å². The second-order valence-corrected chi connectivity index (χ2v) is 5.89. The molecule has 4 heteroatoms. The Morgan fingerprint density at radius 3 is 2.85 bits per heavy atom. The molecule has 1 aliphatic carbocycles. The number of aryl methyl sites for hydroxylation is 1. The summed E-state index contributed by atoms with van der Waals surface area (Å²) in [6.45, 7) is 2.02. The highest BCUT2D eigenvalue weighted by Gasteiger charge is 2.27. The van der Waals surface area contributed by atoms with Crippen LogP contribution in [0.1, 0.15) is 47.5 Å². The van der Waals surface area contributed by atoms with Crippen LogP contribution < -0.4 is 5.32 Å². The molecule has 1 aromatic carbocycles. The molecule has 2 heterocycles. The summed E-state index contributed by atoms with van der Waals surface area (Å²) < 4.78 is 5.49. The maximum atomic E-state index is 5.49. The Bertz CT molecular complexity index is 601. The first kappa shape index (κ1) is 12.1. The monoisotopic (exact) mass is 269 g/mol. The van der Waals surface area contributed by atoms with Gasteiger partial charge in [-0.05, 0) is 43.4 Å². The highest BCUT2D eigenvalue weighted by Crippen LogP contribution is 2.32. The van der Waals surface area contributed by atoms with Crippen LogP contribution in [-0.2, 0) is 12.8 Å². The van der Waals surface area contributed by atoms with Gasteiger partial charge in [-0.2, -0.15) is 4.98 Å². The van der Waals surface area contributed by atoms with Crippen molar-refractivity contribution < 1.29 is 4.52 Å². The third kappa shape index (κ3) is 2.14. The van der Waals surface area contributed by atoms with Gasteiger partial charge in [-0.25, -0.2) is 0 Å². The third-order valence-corrected chi connectivity index (χ3v) is 4.58. The first-order chi connectivity index (χ1) is 9.90. The maximum Gasteiger partial charge on any atom is 0.231 e. The van der Waals surface area contributed by atoms with Gasteiger partial charge in [0, 0.05) is 12.5 Å². The number of hydrogen-bond acceptors (Lipinski definition) is 4. The van der Waals surface area contributed by atoms with Crippen LogP contribution in [0.5, 0.6) is 0 Å². The van der Waals surface area contributed by atoms with Crippen molar-refractivity contribution in [1.29, 1.82) is 0 Å². The summed E-state index contributed by atoms with van der Waals surface area (Å²) >= 11 is 0. The zero-order chi connectivity index (χ0) is 13.4. The van der Waals surface area contributed by atoms with E-state index in [4.69, 9.17) is 4.52 Å². The minimum Gasteiger partial charge on any atom is -0.339 e. The predicted octanol–water partition coefficient (Wildman–Crippen LogP) is 2.42. The molecule has 4 nitrogen and oxygen atoms in total. The molecule has 1 saturated heterocycles.